The number of halogens is 1. The third kappa shape index (κ3) is 3.52. The zero-order valence-electron chi connectivity index (χ0n) is 8.76. The van der Waals surface area contributed by atoms with Crippen molar-refractivity contribution in [1.82, 2.24) is 15.3 Å². The largest absolute Gasteiger partial charge is 0.369 e. The van der Waals surface area contributed by atoms with E-state index in [0.29, 0.717) is 5.69 Å². The van der Waals surface area contributed by atoms with E-state index in [4.69, 9.17) is 4.74 Å². The minimum Gasteiger partial charge on any atom is -0.369 e. The monoisotopic (exact) mass is 243 g/mol. The second kappa shape index (κ2) is 6.52. The van der Waals surface area contributed by atoms with Gasteiger partial charge in [0.1, 0.15) is 12.3 Å². The second-order valence-electron chi connectivity index (χ2n) is 3.44. The summed E-state index contributed by atoms with van der Waals surface area (Å²) in [4.78, 5) is 19.3. The summed E-state index contributed by atoms with van der Waals surface area (Å²) in [6.45, 7) is 1.88. The summed E-state index contributed by atoms with van der Waals surface area (Å²) in [7, 11) is 0. The van der Waals surface area contributed by atoms with Crippen LogP contribution in [0.15, 0.2) is 18.6 Å². The second-order valence-corrected chi connectivity index (χ2v) is 3.44. The quantitative estimate of drug-likeness (QED) is 0.779. The van der Waals surface area contributed by atoms with Gasteiger partial charge < -0.3 is 10.1 Å². The molecular weight excluding hydrogens is 230 g/mol. The van der Waals surface area contributed by atoms with Crippen LogP contribution in [0.3, 0.4) is 0 Å². The van der Waals surface area contributed by atoms with Crippen LogP contribution in [0.5, 0.6) is 0 Å². The Morgan fingerprint density at radius 1 is 1.56 bits per heavy atom. The van der Waals surface area contributed by atoms with Gasteiger partial charge in [-0.3, -0.25) is 9.78 Å². The predicted molar refractivity (Wildman–Crippen MR) is 60.8 cm³/mol. The van der Waals surface area contributed by atoms with Crippen molar-refractivity contribution in [2.24, 2.45) is 0 Å². The minimum absolute atomic E-state index is 0. The molecule has 1 aromatic rings. The highest BCUT2D eigenvalue weighted by Gasteiger charge is 2.17. The maximum Gasteiger partial charge on any atom is 0.208 e. The lowest BCUT2D eigenvalue weighted by Gasteiger charge is -2.08. The van der Waals surface area contributed by atoms with Crippen molar-refractivity contribution in [1.29, 1.82) is 0 Å². The molecule has 1 saturated heterocycles. The lowest BCUT2D eigenvalue weighted by molar-refractivity contribution is 0.0525. The summed E-state index contributed by atoms with van der Waals surface area (Å²) in [5.74, 6) is -0.116. The maximum atomic E-state index is 11.6. The van der Waals surface area contributed by atoms with Gasteiger partial charge in [-0.2, -0.15) is 0 Å². The van der Waals surface area contributed by atoms with Gasteiger partial charge in [-0.25, -0.2) is 4.98 Å². The van der Waals surface area contributed by atoms with Crippen molar-refractivity contribution in [3.63, 3.8) is 0 Å². The van der Waals surface area contributed by atoms with Crippen LogP contribution in [0.2, 0.25) is 0 Å². The number of nitrogens with zero attached hydrogens (tertiary/aromatic N) is 2. The number of Topliss-reactive ketones (excluding diaryl/α,β-unsaturated/α-hetero) is 1. The molecule has 1 unspecified atom stereocenters. The molecule has 0 aromatic carbocycles. The molecule has 0 amide bonds. The van der Waals surface area contributed by atoms with Crippen LogP contribution in [-0.4, -0.2) is 41.6 Å². The normalized spacial score (nSPS) is 19.1. The van der Waals surface area contributed by atoms with E-state index < -0.39 is 0 Å². The molecule has 5 nitrogen and oxygen atoms in total. The standard InChI is InChI=1S/C10H13N3O2.ClH/c14-10(9-6-12-3-4-13-9)7-15-8-1-2-11-5-8;/h3-4,6,8,11H,1-2,5,7H2;1H. The Bertz CT molecular complexity index is 328. The van der Waals surface area contributed by atoms with Gasteiger partial charge in [0.05, 0.1) is 12.3 Å². The summed E-state index contributed by atoms with van der Waals surface area (Å²) in [5.41, 5.74) is 0.364. The highest BCUT2D eigenvalue weighted by Crippen LogP contribution is 2.04. The molecule has 1 N–H and O–H groups in total. The van der Waals surface area contributed by atoms with Crippen LogP contribution in [0.1, 0.15) is 16.9 Å². The van der Waals surface area contributed by atoms with Crippen molar-refractivity contribution in [3.8, 4) is 0 Å². The number of ether oxygens (including phenoxy) is 1. The van der Waals surface area contributed by atoms with E-state index in [0.717, 1.165) is 19.5 Å². The number of carbonyl (C=O) groups is 1. The Balaban J connectivity index is 0.00000128. The molecule has 1 fully saturated rings. The first-order valence-corrected chi connectivity index (χ1v) is 4.98. The lowest BCUT2D eigenvalue weighted by Crippen LogP contribution is -2.21. The molecule has 0 aliphatic carbocycles. The summed E-state index contributed by atoms with van der Waals surface area (Å²) >= 11 is 0. The van der Waals surface area contributed by atoms with Gasteiger partial charge >= 0.3 is 0 Å². The molecule has 1 aromatic heterocycles. The van der Waals surface area contributed by atoms with E-state index in [-0.39, 0.29) is 30.9 Å². The van der Waals surface area contributed by atoms with Crippen LogP contribution in [0.4, 0.5) is 0 Å². The fourth-order valence-corrected chi connectivity index (χ4v) is 1.48. The van der Waals surface area contributed by atoms with Gasteiger partial charge in [-0.15, -0.1) is 12.4 Å². The molecule has 0 bridgehead atoms. The third-order valence-corrected chi connectivity index (χ3v) is 2.31. The zero-order valence-corrected chi connectivity index (χ0v) is 9.57. The molecule has 6 heteroatoms. The molecular formula is C10H14ClN3O2. The predicted octanol–water partition coefficient (Wildman–Crippen LogP) is 0.460. The van der Waals surface area contributed by atoms with E-state index in [1.807, 2.05) is 0 Å². The number of ketones is 1. The first kappa shape index (κ1) is 13.0. The van der Waals surface area contributed by atoms with Crippen LogP contribution >= 0.6 is 12.4 Å². The summed E-state index contributed by atoms with van der Waals surface area (Å²) in [6, 6.07) is 0. The first-order chi connectivity index (χ1) is 7.36. The summed E-state index contributed by atoms with van der Waals surface area (Å²) < 4.78 is 5.44. The molecule has 2 heterocycles. The number of hydrogen-bond donors (Lipinski definition) is 1. The fraction of sp³-hybridized carbons (Fsp3) is 0.500. The van der Waals surface area contributed by atoms with E-state index in [1.54, 1.807) is 6.20 Å². The third-order valence-electron chi connectivity index (χ3n) is 2.31. The number of hydrogen-bond acceptors (Lipinski definition) is 5. The molecule has 88 valence electrons. The molecule has 0 radical (unpaired) electrons. The maximum absolute atomic E-state index is 11.6. The Morgan fingerprint density at radius 2 is 2.44 bits per heavy atom. The molecule has 16 heavy (non-hydrogen) atoms. The van der Waals surface area contributed by atoms with Gasteiger partial charge in [0.25, 0.3) is 0 Å². The van der Waals surface area contributed by atoms with Gasteiger partial charge in [-0.1, -0.05) is 0 Å². The van der Waals surface area contributed by atoms with Gasteiger partial charge in [-0.05, 0) is 13.0 Å². The van der Waals surface area contributed by atoms with Crippen LogP contribution in [-0.2, 0) is 4.74 Å². The molecule has 1 aliphatic rings. The Morgan fingerprint density at radius 3 is 3.06 bits per heavy atom. The van der Waals surface area contributed by atoms with E-state index in [1.165, 1.54) is 12.4 Å². The Hall–Kier alpha value is -1.04. The zero-order chi connectivity index (χ0) is 10.5. The van der Waals surface area contributed by atoms with E-state index in [2.05, 4.69) is 15.3 Å². The summed E-state index contributed by atoms with van der Waals surface area (Å²) in [6.07, 6.45) is 5.63. The van der Waals surface area contributed by atoms with Crippen molar-refractivity contribution < 1.29 is 9.53 Å². The summed E-state index contributed by atoms with van der Waals surface area (Å²) in [5, 5.41) is 3.17. The number of nitrogens with one attached hydrogen (secondary N) is 1. The van der Waals surface area contributed by atoms with Crippen LogP contribution in [0, 0.1) is 0 Å². The first-order valence-electron chi connectivity index (χ1n) is 4.98. The smallest absolute Gasteiger partial charge is 0.208 e. The van der Waals surface area contributed by atoms with Crippen molar-refractivity contribution in [3.05, 3.63) is 24.3 Å². The molecule has 2 rings (SSSR count). The van der Waals surface area contributed by atoms with Crippen LogP contribution < -0.4 is 5.32 Å². The molecule has 0 saturated carbocycles. The fourth-order valence-electron chi connectivity index (χ4n) is 1.48. The van der Waals surface area contributed by atoms with Crippen molar-refractivity contribution >= 4 is 18.2 Å². The molecule has 1 atom stereocenters. The average Bonchev–Trinajstić information content (AvgIpc) is 2.80. The highest BCUT2D eigenvalue weighted by atomic mass is 35.5. The molecule has 0 spiro atoms. The topological polar surface area (TPSA) is 64.1 Å². The number of aromatic nitrogens is 2. The van der Waals surface area contributed by atoms with Gasteiger partial charge in [0.15, 0.2) is 0 Å². The Kier molecular flexibility index (Phi) is 5.31. The average molecular weight is 244 g/mol. The number of carbonyl (C=O) groups excluding carboxylic acids is 1. The van der Waals surface area contributed by atoms with Gasteiger partial charge in [0.2, 0.25) is 5.78 Å². The van der Waals surface area contributed by atoms with E-state index in [9.17, 15) is 4.79 Å². The Labute approximate surface area is 100 Å². The number of rotatable bonds is 4. The van der Waals surface area contributed by atoms with Crippen LogP contribution in [0.25, 0.3) is 0 Å². The SMILES string of the molecule is Cl.O=C(COC1CCNC1)c1cnccn1. The highest BCUT2D eigenvalue weighted by molar-refractivity contribution is 5.94. The van der Waals surface area contributed by atoms with Crippen molar-refractivity contribution in [2.45, 2.75) is 12.5 Å². The minimum atomic E-state index is -0.116. The van der Waals surface area contributed by atoms with Gasteiger partial charge in [0, 0.05) is 18.9 Å². The van der Waals surface area contributed by atoms with Crippen molar-refractivity contribution in [2.75, 3.05) is 19.7 Å². The lowest BCUT2D eigenvalue weighted by atomic mass is 10.3. The van der Waals surface area contributed by atoms with E-state index >= 15 is 0 Å². The molecule has 1 aliphatic heterocycles.